The third kappa shape index (κ3) is 5.34. The molecule has 2 amide bonds. The van der Waals surface area contributed by atoms with Crippen LogP contribution >= 0.6 is 0 Å². The van der Waals surface area contributed by atoms with Crippen molar-refractivity contribution in [2.45, 2.75) is 19.2 Å². The lowest BCUT2D eigenvalue weighted by Crippen LogP contribution is -2.33. The fraction of sp³-hybridized carbons (Fsp3) is 0.360. The van der Waals surface area contributed by atoms with E-state index in [4.69, 9.17) is 0 Å². The van der Waals surface area contributed by atoms with Gasteiger partial charge in [0.05, 0.1) is 5.52 Å². The minimum Gasteiger partial charge on any atom is -0.406 e. The molecule has 1 unspecified atom stereocenters. The summed E-state index contributed by atoms with van der Waals surface area (Å²) in [5.41, 5.74) is 2.62. The Morgan fingerprint density at radius 3 is 2.36 bits per heavy atom. The average molecular weight is 499 g/mol. The second kappa shape index (κ2) is 9.63. The molecule has 2 saturated heterocycles. The topological polar surface area (TPSA) is 91.4 Å². The predicted molar refractivity (Wildman–Crippen MR) is 125 cm³/mol. The van der Waals surface area contributed by atoms with Gasteiger partial charge in [0.2, 0.25) is 5.91 Å². The first-order valence-corrected chi connectivity index (χ1v) is 11.7. The van der Waals surface area contributed by atoms with E-state index in [2.05, 4.69) is 20.1 Å². The molecule has 1 N–H and O–H groups in total. The number of nitrogens with zero attached hydrogens (tertiary/aromatic N) is 4. The number of rotatable bonds is 4. The first kappa shape index (κ1) is 23.8. The van der Waals surface area contributed by atoms with Gasteiger partial charge in [0.1, 0.15) is 11.3 Å². The number of halogens is 3. The van der Waals surface area contributed by atoms with Crippen molar-refractivity contribution in [2.75, 3.05) is 26.2 Å². The van der Waals surface area contributed by atoms with Crippen LogP contribution in [-0.2, 0) is 4.79 Å². The molecule has 188 valence electrons. The minimum atomic E-state index is -4.74. The minimum absolute atomic E-state index is 0.0256. The zero-order valence-electron chi connectivity index (χ0n) is 19.2. The number of nitrogens with one attached hydrogen (secondary N) is 1. The summed E-state index contributed by atoms with van der Waals surface area (Å²) in [6.45, 7) is 2.50. The van der Waals surface area contributed by atoms with Gasteiger partial charge in [-0.15, -0.1) is 18.3 Å². The predicted octanol–water partition coefficient (Wildman–Crippen LogP) is 3.88. The van der Waals surface area contributed by atoms with E-state index >= 15 is 0 Å². The van der Waals surface area contributed by atoms with Crippen LogP contribution < -0.4 is 4.74 Å². The Bertz CT molecular complexity index is 1270. The van der Waals surface area contributed by atoms with Gasteiger partial charge in [0.25, 0.3) is 5.91 Å². The van der Waals surface area contributed by atoms with Crippen LogP contribution in [0.1, 0.15) is 28.8 Å². The summed E-state index contributed by atoms with van der Waals surface area (Å²) in [6.07, 6.45) is -0.0800. The molecule has 2 fully saturated rings. The number of fused-ring (bicyclic) bond motifs is 2. The SMILES string of the molecule is O=C(/C=C/c1ccc(OC(F)(F)F)cc1)N1CC2CCN(C(=O)c3ccc4[nH]nnc4c3)CC[C@@H]2C1. The molecule has 0 spiro atoms. The maximum absolute atomic E-state index is 13.0. The normalized spacial score (nSPS) is 20.5. The van der Waals surface area contributed by atoms with E-state index in [9.17, 15) is 22.8 Å². The van der Waals surface area contributed by atoms with Crippen molar-refractivity contribution >= 4 is 28.9 Å². The first-order valence-electron chi connectivity index (χ1n) is 11.7. The molecule has 2 aliphatic rings. The highest BCUT2D eigenvalue weighted by atomic mass is 19.4. The molecule has 5 rings (SSSR count). The fourth-order valence-electron chi connectivity index (χ4n) is 4.94. The molecule has 36 heavy (non-hydrogen) atoms. The summed E-state index contributed by atoms with van der Waals surface area (Å²) in [4.78, 5) is 29.5. The Hall–Kier alpha value is -3.89. The van der Waals surface area contributed by atoms with E-state index in [1.165, 1.54) is 30.3 Å². The van der Waals surface area contributed by atoms with Crippen LogP contribution in [0.3, 0.4) is 0 Å². The van der Waals surface area contributed by atoms with Crippen LogP contribution in [0.4, 0.5) is 13.2 Å². The van der Waals surface area contributed by atoms with Crippen molar-refractivity contribution < 1.29 is 27.5 Å². The number of benzene rings is 2. The Labute approximate surface area is 204 Å². The molecule has 3 aromatic rings. The van der Waals surface area contributed by atoms with Crippen molar-refractivity contribution in [3.63, 3.8) is 0 Å². The number of alkyl halides is 3. The van der Waals surface area contributed by atoms with Crippen molar-refractivity contribution in [1.29, 1.82) is 0 Å². The standard InChI is InChI=1S/C25H24F3N5O3/c26-25(27,28)36-20-5-1-16(2-6-20)3-8-23(34)33-14-18-9-11-32(12-10-19(18)15-33)24(35)17-4-7-21-22(13-17)30-31-29-21/h1-8,13,18-19H,9-12,14-15H2,(H,29,30,31)/b8-3+/t18-,19?/m1/s1. The molecule has 1 aromatic heterocycles. The Balaban J connectivity index is 1.15. The summed E-state index contributed by atoms with van der Waals surface area (Å²) in [6, 6.07) is 10.7. The maximum Gasteiger partial charge on any atom is 0.573 e. The molecule has 3 heterocycles. The van der Waals surface area contributed by atoms with E-state index in [0.29, 0.717) is 54.7 Å². The lowest BCUT2D eigenvalue weighted by atomic mass is 9.92. The molecule has 0 aliphatic carbocycles. The number of amides is 2. The van der Waals surface area contributed by atoms with Crippen molar-refractivity contribution in [2.24, 2.45) is 11.8 Å². The number of carbonyl (C=O) groups excluding carboxylic acids is 2. The molecule has 11 heteroatoms. The molecule has 2 aromatic carbocycles. The quantitative estimate of drug-likeness (QED) is 0.551. The number of hydrogen-bond acceptors (Lipinski definition) is 5. The summed E-state index contributed by atoms with van der Waals surface area (Å²) in [5, 5.41) is 10.5. The molecule has 8 nitrogen and oxygen atoms in total. The van der Waals surface area contributed by atoms with Crippen LogP contribution in [0.2, 0.25) is 0 Å². The van der Waals surface area contributed by atoms with Gasteiger partial charge in [-0.05, 0) is 66.6 Å². The number of hydrogen-bond donors (Lipinski definition) is 1. The van der Waals surface area contributed by atoms with Crippen LogP contribution in [0.25, 0.3) is 17.1 Å². The van der Waals surface area contributed by atoms with Gasteiger partial charge in [-0.1, -0.05) is 17.3 Å². The second-order valence-corrected chi connectivity index (χ2v) is 9.13. The number of ether oxygens (including phenoxy) is 1. The van der Waals surface area contributed by atoms with Gasteiger partial charge in [-0.3, -0.25) is 14.7 Å². The third-order valence-corrected chi connectivity index (χ3v) is 6.82. The van der Waals surface area contributed by atoms with E-state index in [1.807, 2.05) is 9.80 Å². The van der Waals surface area contributed by atoms with Gasteiger partial charge >= 0.3 is 6.36 Å². The van der Waals surface area contributed by atoms with Gasteiger partial charge < -0.3 is 14.5 Å². The monoisotopic (exact) mass is 499 g/mol. The Kier molecular flexibility index (Phi) is 6.38. The molecular formula is C25H24F3N5O3. The number of H-pyrrole nitrogens is 1. The zero-order valence-corrected chi connectivity index (χ0v) is 19.2. The van der Waals surface area contributed by atoms with E-state index in [0.717, 1.165) is 18.4 Å². The maximum atomic E-state index is 13.0. The number of carbonyl (C=O) groups is 2. The van der Waals surface area contributed by atoms with E-state index in [-0.39, 0.29) is 17.6 Å². The molecule has 0 bridgehead atoms. The Morgan fingerprint density at radius 1 is 1.00 bits per heavy atom. The van der Waals surface area contributed by atoms with Gasteiger partial charge in [-0.25, -0.2) is 0 Å². The van der Waals surface area contributed by atoms with Crippen molar-refractivity contribution in [3.8, 4) is 5.75 Å². The zero-order chi connectivity index (χ0) is 25.3. The van der Waals surface area contributed by atoms with Gasteiger partial charge in [0.15, 0.2) is 0 Å². The van der Waals surface area contributed by atoms with Crippen molar-refractivity contribution in [3.05, 3.63) is 59.7 Å². The number of aromatic nitrogens is 3. The Morgan fingerprint density at radius 2 is 1.69 bits per heavy atom. The molecular weight excluding hydrogens is 475 g/mol. The summed E-state index contributed by atoms with van der Waals surface area (Å²) < 4.78 is 40.7. The second-order valence-electron chi connectivity index (χ2n) is 9.13. The van der Waals surface area contributed by atoms with Crippen LogP contribution in [0.5, 0.6) is 5.75 Å². The molecule has 2 atom stereocenters. The largest absolute Gasteiger partial charge is 0.573 e. The van der Waals surface area contributed by atoms with E-state index in [1.54, 1.807) is 24.3 Å². The highest BCUT2D eigenvalue weighted by Crippen LogP contribution is 2.32. The van der Waals surface area contributed by atoms with Crippen LogP contribution in [0, 0.1) is 11.8 Å². The highest BCUT2D eigenvalue weighted by molar-refractivity contribution is 5.97. The number of aromatic amines is 1. The average Bonchev–Trinajstić information content (AvgIpc) is 3.44. The summed E-state index contributed by atoms with van der Waals surface area (Å²) in [5.74, 6) is 0.167. The van der Waals surface area contributed by atoms with Gasteiger partial charge in [-0.2, -0.15) is 0 Å². The summed E-state index contributed by atoms with van der Waals surface area (Å²) >= 11 is 0. The third-order valence-electron chi connectivity index (χ3n) is 6.82. The first-order chi connectivity index (χ1) is 17.2. The van der Waals surface area contributed by atoms with Crippen molar-refractivity contribution in [1.82, 2.24) is 25.2 Å². The van der Waals surface area contributed by atoms with E-state index < -0.39 is 6.36 Å². The molecule has 0 radical (unpaired) electrons. The lowest BCUT2D eigenvalue weighted by molar-refractivity contribution is -0.274. The highest BCUT2D eigenvalue weighted by Gasteiger charge is 2.37. The smallest absolute Gasteiger partial charge is 0.406 e. The molecule has 2 aliphatic heterocycles. The fourth-order valence-corrected chi connectivity index (χ4v) is 4.94. The summed E-state index contributed by atoms with van der Waals surface area (Å²) in [7, 11) is 0. The van der Waals surface area contributed by atoms with Crippen LogP contribution in [0.15, 0.2) is 48.5 Å². The lowest BCUT2D eigenvalue weighted by Gasteiger charge is -2.22. The van der Waals surface area contributed by atoms with Crippen LogP contribution in [-0.4, -0.2) is 69.6 Å². The number of likely N-dealkylation sites (tertiary alicyclic amines) is 2. The van der Waals surface area contributed by atoms with Gasteiger partial charge in [0, 0.05) is 37.8 Å². The molecule has 0 saturated carbocycles.